The predicted octanol–water partition coefficient (Wildman–Crippen LogP) is 5.00. The molecule has 0 bridgehead atoms. The molecule has 31 heavy (non-hydrogen) atoms. The average Bonchev–Trinajstić information content (AvgIpc) is 2.75. The normalized spacial score (nSPS) is 18.4. The van der Waals surface area contributed by atoms with Crippen LogP contribution in [0.5, 0.6) is 0 Å². The standard InChI is InChI=1S/C24H25ClN4O2/c1-15(30)27-18-5-2-16(3-6-18)24(31)29-20-9-7-19(8-10-20)28-22-12-13-26-23-14-17(25)4-11-21(22)23/h2-6,11-14,19-20H,7-10H2,1H3,(H,26,28)(H,27,30)(H,29,31). The molecule has 6 nitrogen and oxygen atoms in total. The van der Waals surface area contributed by atoms with Gasteiger partial charge in [0.15, 0.2) is 0 Å². The summed E-state index contributed by atoms with van der Waals surface area (Å²) in [6.07, 6.45) is 5.59. The number of hydrogen-bond acceptors (Lipinski definition) is 4. The van der Waals surface area contributed by atoms with E-state index in [2.05, 4.69) is 20.9 Å². The van der Waals surface area contributed by atoms with E-state index in [1.165, 1.54) is 6.92 Å². The Labute approximate surface area is 186 Å². The molecule has 1 fully saturated rings. The lowest BCUT2D eigenvalue weighted by Gasteiger charge is -2.30. The maximum absolute atomic E-state index is 12.6. The molecule has 1 saturated carbocycles. The van der Waals surface area contributed by atoms with Gasteiger partial charge < -0.3 is 16.0 Å². The van der Waals surface area contributed by atoms with Gasteiger partial charge in [-0.3, -0.25) is 14.6 Å². The zero-order valence-corrected chi connectivity index (χ0v) is 18.1. The largest absolute Gasteiger partial charge is 0.382 e. The zero-order chi connectivity index (χ0) is 21.8. The third kappa shape index (κ3) is 5.33. The van der Waals surface area contributed by atoms with Crippen LogP contribution in [0, 0.1) is 0 Å². The van der Waals surface area contributed by atoms with Crippen molar-refractivity contribution >= 4 is 45.7 Å². The fourth-order valence-electron chi connectivity index (χ4n) is 4.03. The van der Waals surface area contributed by atoms with Gasteiger partial charge in [-0.2, -0.15) is 0 Å². The second-order valence-electron chi connectivity index (χ2n) is 7.94. The minimum absolute atomic E-state index is 0.0807. The van der Waals surface area contributed by atoms with Crippen LogP contribution in [0.25, 0.3) is 10.9 Å². The van der Waals surface area contributed by atoms with Crippen LogP contribution in [-0.2, 0) is 4.79 Å². The molecule has 3 N–H and O–H groups in total. The number of pyridine rings is 1. The summed E-state index contributed by atoms with van der Waals surface area (Å²) in [6.45, 7) is 1.46. The first-order chi connectivity index (χ1) is 15.0. The molecule has 1 aliphatic rings. The Morgan fingerprint density at radius 3 is 2.39 bits per heavy atom. The van der Waals surface area contributed by atoms with E-state index in [1.54, 1.807) is 30.5 Å². The number of nitrogens with one attached hydrogen (secondary N) is 3. The smallest absolute Gasteiger partial charge is 0.251 e. The van der Waals surface area contributed by atoms with Crippen LogP contribution in [-0.4, -0.2) is 28.9 Å². The number of nitrogens with zero attached hydrogens (tertiary/aromatic N) is 1. The topological polar surface area (TPSA) is 83.1 Å². The summed E-state index contributed by atoms with van der Waals surface area (Å²) >= 11 is 6.08. The molecule has 2 aromatic carbocycles. The van der Waals surface area contributed by atoms with Gasteiger partial charge in [-0.1, -0.05) is 11.6 Å². The zero-order valence-electron chi connectivity index (χ0n) is 17.3. The van der Waals surface area contributed by atoms with Crippen molar-refractivity contribution in [2.75, 3.05) is 10.6 Å². The molecule has 0 aliphatic heterocycles. The second-order valence-corrected chi connectivity index (χ2v) is 8.38. The van der Waals surface area contributed by atoms with Gasteiger partial charge in [-0.25, -0.2) is 0 Å². The Kier molecular flexibility index (Phi) is 6.37. The molecule has 0 unspecified atom stereocenters. The van der Waals surface area contributed by atoms with Crippen LogP contribution in [0.4, 0.5) is 11.4 Å². The van der Waals surface area contributed by atoms with Gasteiger partial charge in [0.2, 0.25) is 5.91 Å². The van der Waals surface area contributed by atoms with Gasteiger partial charge in [-0.15, -0.1) is 0 Å². The van der Waals surface area contributed by atoms with E-state index in [0.29, 0.717) is 22.3 Å². The third-order valence-electron chi connectivity index (χ3n) is 5.59. The van der Waals surface area contributed by atoms with E-state index < -0.39 is 0 Å². The van der Waals surface area contributed by atoms with Crippen molar-refractivity contribution in [3.05, 3.63) is 65.3 Å². The van der Waals surface area contributed by atoms with Crippen LogP contribution in [0.3, 0.4) is 0 Å². The van der Waals surface area contributed by atoms with Gasteiger partial charge in [0, 0.05) is 52.6 Å². The maximum atomic E-state index is 12.6. The SMILES string of the molecule is CC(=O)Nc1ccc(C(=O)NC2CCC(Nc3ccnc4cc(Cl)ccc34)CC2)cc1. The molecular formula is C24H25ClN4O2. The van der Waals surface area contributed by atoms with Crippen molar-refractivity contribution in [2.45, 2.75) is 44.7 Å². The summed E-state index contributed by atoms with van der Waals surface area (Å²) in [6, 6.07) is 15.2. The molecule has 2 amide bonds. The number of rotatable bonds is 5. The van der Waals surface area contributed by atoms with E-state index in [0.717, 1.165) is 42.3 Å². The summed E-state index contributed by atoms with van der Waals surface area (Å²) in [7, 11) is 0. The van der Waals surface area contributed by atoms with Crippen LogP contribution < -0.4 is 16.0 Å². The Hall–Kier alpha value is -3.12. The van der Waals surface area contributed by atoms with Gasteiger partial charge in [0.25, 0.3) is 5.91 Å². The van der Waals surface area contributed by atoms with E-state index >= 15 is 0 Å². The van der Waals surface area contributed by atoms with E-state index in [9.17, 15) is 9.59 Å². The molecule has 0 spiro atoms. The van der Waals surface area contributed by atoms with Crippen LogP contribution in [0.15, 0.2) is 54.7 Å². The summed E-state index contributed by atoms with van der Waals surface area (Å²) in [4.78, 5) is 28.1. The minimum atomic E-state index is -0.133. The number of benzene rings is 2. The monoisotopic (exact) mass is 436 g/mol. The summed E-state index contributed by atoms with van der Waals surface area (Å²) in [5.41, 5.74) is 3.22. The van der Waals surface area contributed by atoms with Gasteiger partial charge in [0.05, 0.1) is 5.52 Å². The lowest BCUT2D eigenvalue weighted by atomic mass is 9.90. The molecule has 1 aromatic heterocycles. The number of aromatic nitrogens is 1. The summed E-state index contributed by atoms with van der Waals surface area (Å²) in [5.74, 6) is -0.214. The first-order valence-electron chi connectivity index (χ1n) is 10.5. The first kappa shape index (κ1) is 21.1. The number of carbonyl (C=O) groups excluding carboxylic acids is 2. The van der Waals surface area contributed by atoms with Crippen molar-refractivity contribution in [3.63, 3.8) is 0 Å². The van der Waals surface area contributed by atoms with Gasteiger partial charge in [0.1, 0.15) is 0 Å². The molecule has 3 aromatic rings. The fraction of sp³-hybridized carbons (Fsp3) is 0.292. The highest BCUT2D eigenvalue weighted by Crippen LogP contribution is 2.28. The molecule has 0 radical (unpaired) electrons. The van der Waals surface area contributed by atoms with Crippen LogP contribution >= 0.6 is 11.6 Å². The molecule has 0 atom stereocenters. The van der Waals surface area contributed by atoms with Crippen molar-refractivity contribution in [2.24, 2.45) is 0 Å². The Morgan fingerprint density at radius 2 is 1.68 bits per heavy atom. The van der Waals surface area contributed by atoms with Crippen molar-refractivity contribution in [3.8, 4) is 0 Å². The van der Waals surface area contributed by atoms with Crippen molar-refractivity contribution < 1.29 is 9.59 Å². The van der Waals surface area contributed by atoms with Crippen molar-refractivity contribution in [1.29, 1.82) is 0 Å². The number of amides is 2. The molecule has 1 heterocycles. The first-order valence-corrected chi connectivity index (χ1v) is 10.8. The lowest BCUT2D eigenvalue weighted by molar-refractivity contribution is -0.114. The number of hydrogen-bond donors (Lipinski definition) is 3. The van der Waals surface area contributed by atoms with Gasteiger partial charge in [-0.05, 0) is 74.2 Å². The number of carbonyl (C=O) groups is 2. The van der Waals surface area contributed by atoms with Crippen LogP contribution in [0.2, 0.25) is 5.02 Å². The average molecular weight is 437 g/mol. The predicted molar refractivity (Wildman–Crippen MR) is 125 cm³/mol. The molecule has 0 saturated heterocycles. The number of anilines is 2. The van der Waals surface area contributed by atoms with Gasteiger partial charge >= 0.3 is 0 Å². The molecule has 4 rings (SSSR count). The quantitative estimate of drug-likeness (QED) is 0.525. The second kappa shape index (κ2) is 9.35. The van der Waals surface area contributed by atoms with Crippen molar-refractivity contribution in [1.82, 2.24) is 10.3 Å². The Morgan fingerprint density at radius 1 is 0.968 bits per heavy atom. The summed E-state index contributed by atoms with van der Waals surface area (Å²) in [5, 5.41) is 11.2. The Balaban J connectivity index is 1.31. The Bertz CT molecular complexity index is 1090. The highest BCUT2D eigenvalue weighted by molar-refractivity contribution is 6.31. The highest BCUT2D eigenvalue weighted by Gasteiger charge is 2.23. The lowest BCUT2D eigenvalue weighted by Crippen LogP contribution is -2.40. The number of fused-ring (bicyclic) bond motifs is 1. The third-order valence-corrected chi connectivity index (χ3v) is 5.83. The summed E-state index contributed by atoms with van der Waals surface area (Å²) < 4.78 is 0. The molecular weight excluding hydrogens is 412 g/mol. The minimum Gasteiger partial charge on any atom is -0.382 e. The fourth-order valence-corrected chi connectivity index (χ4v) is 4.19. The maximum Gasteiger partial charge on any atom is 0.251 e. The molecule has 7 heteroatoms. The van der Waals surface area contributed by atoms with E-state index in [-0.39, 0.29) is 17.9 Å². The highest BCUT2D eigenvalue weighted by atomic mass is 35.5. The number of halogens is 1. The van der Waals surface area contributed by atoms with Crippen LogP contribution in [0.1, 0.15) is 43.0 Å². The molecule has 160 valence electrons. The van der Waals surface area contributed by atoms with E-state index in [1.807, 2.05) is 24.3 Å². The van der Waals surface area contributed by atoms with E-state index in [4.69, 9.17) is 11.6 Å². The molecule has 1 aliphatic carbocycles.